The third-order valence-corrected chi connectivity index (χ3v) is 8.01. The van der Waals surface area contributed by atoms with Crippen molar-refractivity contribution in [2.24, 2.45) is 0 Å². The molecule has 1 fully saturated rings. The number of anilines is 1. The third kappa shape index (κ3) is 5.41. The predicted octanol–water partition coefficient (Wildman–Crippen LogP) is 3.71. The van der Waals surface area contributed by atoms with Gasteiger partial charge in [-0.25, -0.2) is 8.42 Å². The van der Waals surface area contributed by atoms with Crippen molar-refractivity contribution in [3.63, 3.8) is 0 Å². The molecule has 0 aliphatic carbocycles. The number of phenolic OH excluding ortho intramolecular Hbond substituents is 1. The number of aromatic hydroxyl groups is 1. The smallest absolute Gasteiger partial charge is 0.264 e. The van der Waals surface area contributed by atoms with Crippen molar-refractivity contribution >= 4 is 32.5 Å². The van der Waals surface area contributed by atoms with Gasteiger partial charge >= 0.3 is 0 Å². The molecule has 1 aliphatic rings. The Kier molecular flexibility index (Phi) is 7.17. The minimum Gasteiger partial charge on any atom is -0.508 e. The number of carbonyl (C=O) groups is 1. The number of hydrogen-bond donors (Lipinski definition) is 2. The van der Waals surface area contributed by atoms with Crippen molar-refractivity contribution in [3.8, 4) is 11.5 Å². The normalized spacial score (nSPS) is 14.4. The Labute approximate surface area is 221 Å². The highest BCUT2D eigenvalue weighted by Crippen LogP contribution is 2.26. The number of sulfonamides is 1. The van der Waals surface area contributed by atoms with E-state index in [1.807, 2.05) is 18.2 Å². The fraction of sp³-hybridized carbons (Fsp3) is 0.214. The second-order valence-electron chi connectivity index (χ2n) is 9.08. The zero-order chi connectivity index (χ0) is 26.7. The maximum absolute atomic E-state index is 13.1. The molecule has 5 rings (SSSR count). The van der Waals surface area contributed by atoms with Crippen molar-refractivity contribution in [2.75, 3.05) is 38.0 Å². The molecule has 0 radical (unpaired) electrons. The molecule has 1 aliphatic heterocycles. The number of hydrogen-bond acceptors (Lipinski definition) is 7. The molecule has 2 N–H and O–H groups in total. The van der Waals surface area contributed by atoms with E-state index in [-0.39, 0.29) is 16.6 Å². The first-order valence-corrected chi connectivity index (χ1v) is 13.7. The molecule has 1 saturated heterocycles. The van der Waals surface area contributed by atoms with Crippen LogP contribution in [-0.4, -0.2) is 67.5 Å². The van der Waals surface area contributed by atoms with Crippen LogP contribution < -0.4 is 9.46 Å². The molecule has 0 atom stereocenters. The van der Waals surface area contributed by atoms with Crippen LogP contribution in [-0.2, 0) is 16.6 Å². The summed E-state index contributed by atoms with van der Waals surface area (Å²) in [6.07, 6.45) is 1.56. The monoisotopic (exact) mass is 532 g/mol. The minimum atomic E-state index is -3.87. The van der Waals surface area contributed by atoms with E-state index in [2.05, 4.69) is 14.6 Å². The highest BCUT2D eigenvalue weighted by Gasteiger charge is 2.23. The lowest BCUT2D eigenvalue weighted by Gasteiger charge is -2.35. The highest BCUT2D eigenvalue weighted by atomic mass is 32.2. The lowest BCUT2D eigenvalue weighted by atomic mass is 10.1. The van der Waals surface area contributed by atoms with Crippen LogP contribution in [0.5, 0.6) is 11.5 Å². The van der Waals surface area contributed by atoms with Gasteiger partial charge in [0.1, 0.15) is 16.4 Å². The Morgan fingerprint density at radius 3 is 2.47 bits per heavy atom. The van der Waals surface area contributed by atoms with Gasteiger partial charge in [-0.15, -0.1) is 0 Å². The SMILES string of the molecule is COc1cc(O)ccc1CN1CCN(C(=O)c2ccc(NS(=O)(=O)c3cccc4cccnc34)cc2)CC1. The summed E-state index contributed by atoms with van der Waals surface area (Å²) in [4.78, 5) is 21.4. The summed E-state index contributed by atoms with van der Waals surface area (Å²) in [5.74, 6) is 0.695. The number of amides is 1. The first kappa shape index (κ1) is 25.5. The largest absolute Gasteiger partial charge is 0.508 e. The summed E-state index contributed by atoms with van der Waals surface area (Å²) in [5, 5.41) is 10.4. The van der Waals surface area contributed by atoms with Gasteiger partial charge in [0.15, 0.2) is 0 Å². The topological polar surface area (TPSA) is 112 Å². The van der Waals surface area contributed by atoms with Gasteiger partial charge in [-0.1, -0.05) is 24.3 Å². The molecular formula is C28H28N4O5S. The molecule has 196 valence electrons. The number of pyridine rings is 1. The van der Waals surface area contributed by atoms with Crippen LogP contribution in [0.15, 0.2) is 83.9 Å². The van der Waals surface area contributed by atoms with E-state index in [1.54, 1.807) is 66.7 Å². The number of phenols is 1. The van der Waals surface area contributed by atoms with Gasteiger partial charge in [0.2, 0.25) is 0 Å². The highest BCUT2D eigenvalue weighted by molar-refractivity contribution is 7.93. The first-order valence-electron chi connectivity index (χ1n) is 12.2. The Balaban J connectivity index is 1.21. The molecule has 38 heavy (non-hydrogen) atoms. The van der Waals surface area contributed by atoms with E-state index in [0.717, 1.165) is 10.9 Å². The summed E-state index contributed by atoms with van der Waals surface area (Å²) in [6, 6.07) is 20.1. The van der Waals surface area contributed by atoms with Crippen LogP contribution >= 0.6 is 0 Å². The quantitative estimate of drug-likeness (QED) is 0.373. The van der Waals surface area contributed by atoms with Crippen molar-refractivity contribution in [2.45, 2.75) is 11.4 Å². The van der Waals surface area contributed by atoms with Gasteiger partial charge in [-0.2, -0.15) is 0 Å². The van der Waals surface area contributed by atoms with Gasteiger partial charge < -0.3 is 14.7 Å². The summed E-state index contributed by atoms with van der Waals surface area (Å²) >= 11 is 0. The Hall–Kier alpha value is -4.15. The van der Waals surface area contributed by atoms with Crippen LogP contribution in [0, 0.1) is 0 Å². The van der Waals surface area contributed by atoms with E-state index in [1.165, 1.54) is 6.07 Å². The molecule has 0 bridgehead atoms. The fourth-order valence-corrected chi connectivity index (χ4v) is 5.82. The van der Waals surface area contributed by atoms with Crippen LogP contribution in [0.1, 0.15) is 15.9 Å². The summed E-state index contributed by atoms with van der Waals surface area (Å²) in [6.45, 7) is 3.20. The average Bonchev–Trinajstić information content (AvgIpc) is 2.94. The van der Waals surface area contributed by atoms with E-state index in [9.17, 15) is 18.3 Å². The summed E-state index contributed by atoms with van der Waals surface area (Å²) < 4.78 is 34.1. The van der Waals surface area contributed by atoms with E-state index < -0.39 is 10.0 Å². The van der Waals surface area contributed by atoms with Crippen LogP contribution in [0.2, 0.25) is 0 Å². The molecule has 0 saturated carbocycles. The molecular weight excluding hydrogens is 504 g/mol. The summed E-state index contributed by atoms with van der Waals surface area (Å²) in [5.41, 5.74) is 2.23. The number of methoxy groups -OCH3 is 1. The number of benzene rings is 3. The molecule has 3 aromatic carbocycles. The number of piperazine rings is 1. The number of aromatic nitrogens is 1. The van der Waals surface area contributed by atoms with Crippen LogP contribution in [0.4, 0.5) is 5.69 Å². The maximum Gasteiger partial charge on any atom is 0.264 e. The van der Waals surface area contributed by atoms with Gasteiger partial charge in [0, 0.05) is 67.2 Å². The lowest BCUT2D eigenvalue weighted by molar-refractivity contribution is 0.0627. The van der Waals surface area contributed by atoms with Crippen molar-refractivity contribution in [3.05, 3.63) is 90.1 Å². The van der Waals surface area contributed by atoms with E-state index in [4.69, 9.17) is 4.74 Å². The molecule has 1 amide bonds. The number of nitrogens with zero attached hydrogens (tertiary/aromatic N) is 3. The molecule has 4 aromatic rings. The van der Waals surface area contributed by atoms with Crippen molar-refractivity contribution in [1.82, 2.24) is 14.8 Å². The zero-order valence-electron chi connectivity index (χ0n) is 20.9. The number of nitrogens with one attached hydrogen (secondary N) is 1. The fourth-order valence-electron chi connectivity index (χ4n) is 4.58. The summed E-state index contributed by atoms with van der Waals surface area (Å²) in [7, 11) is -2.29. The maximum atomic E-state index is 13.1. The Morgan fingerprint density at radius 1 is 1.00 bits per heavy atom. The second kappa shape index (κ2) is 10.7. The molecule has 1 aromatic heterocycles. The van der Waals surface area contributed by atoms with Gasteiger partial charge in [-0.05, 0) is 42.5 Å². The Bertz CT molecular complexity index is 1560. The number of para-hydroxylation sites is 1. The number of ether oxygens (including phenoxy) is 1. The van der Waals surface area contributed by atoms with Crippen molar-refractivity contribution in [1.29, 1.82) is 0 Å². The standard InChI is InChI=1S/C28H28N4O5S/c1-37-25-18-24(33)12-9-22(25)19-31-14-16-32(17-15-31)28(34)21-7-10-23(11-8-21)30-38(35,36)26-6-2-4-20-5-3-13-29-27(20)26/h2-13,18,30,33H,14-17,19H2,1H3. The predicted molar refractivity (Wildman–Crippen MR) is 145 cm³/mol. The number of rotatable bonds is 7. The molecule has 9 nitrogen and oxygen atoms in total. The first-order chi connectivity index (χ1) is 18.3. The zero-order valence-corrected chi connectivity index (χ0v) is 21.7. The number of fused-ring (bicyclic) bond motifs is 1. The van der Waals surface area contributed by atoms with Gasteiger partial charge in [-0.3, -0.25) is 19.4 Å². The van der Waals surface area contributed by atoms with Crippen LogP contribution in [0.3, 0.4) is 0 Å². The van der Waals surface area contributed by atoms with Crippen molar-refractivity contribution < 1.29 is 23.1 Å². The molecule has 10 heteroatoms. The third-order valence-electron chi connectivity index (χ3n) is 6.59. The lowest BCUT2D eigenvalue weighted by Crippen LogP contribution is -2.48. The number of carbonyl (C=O) groups excluding carboxylic acids is 1. The second-order valence-corrected chi connectivity index (χ2v) is 10.7. The Morgan fingerprint density at radius 2 is 1.74 bits per heavy atom. The van der Waals surface area contributed by atoms with E-state index >= 15 is 0 Å². The molecule has 0 unspecified atom stereocenters. The van der Waals surface area contributed by atoms with E-state index in [0.29, 0.717) is 55.2 Å². The average molecular weight is 533 g/mol. The minimum absolute atomic E-state index is 0.0959. The molecule has 2 heterocycles. The van der Waals surface area contributed by atoms with Gasteiger partial charge in [0.05, 0.1) is 12.6 Å². The van der Waals surface area contributed by atoms with Crippen LogP contribution in [0.25, 0.3) is 10.9 Å². The molecule has 0 spiro atoms. The van der Waals surface area contributed by atoms with Gasteiger partial charge in [0.25, 0.3) is 15.9 Å².